The van der Waals surface area contributed by atoms with Crippen LogP contribution in [-0.4, -0.2) is 28.2 Å². The summed E-state index contributed by atoms with van der Waals surface area (Å²) in [6, 6.07) is 5.48. The van der Waals surface area contributed by atoms with Crippen LogP contribution in [0.25, 0.3) is 10.6 Å². The molecule has 0 aliphatic rings. The first-order chi connectivity index (χ1) is 8.76. The Morgan fingerprint density at radius 3 is 3.06 bits per heavy atom. The van der Waals surface area contributed by atoms with Crippen molar-refractivity contribution >= 4 is 17.3 Å². The molecule has 0 bridgehead atoms. The molecular weight excluding hydrogens is 252 g/mol. The van der Waals surface area contributed by atoms with E-state index in [1.807, 2.05) is 17.5 Å². The summed E-state index contributed by atoms with van der Waals surface area (Å²) >= 11 is 1.40. The normalized spacial score (nSPS) is 10.0. The van der Waals surface area contributed by atoms with Gasteiger partial charge in [-0.2, -0.15) is 5.26 Å². The highest BCUT2D eigenvalue weighted by molar-refractivity contribution is 7.13. The fourth-order valence-corrected chi connectivity index (χ4v) is 2.15. The minimum atomic E-state index is -0.490. The number of thiophene rings is 1. The Balaban J connectivity index is 2.52. The Hall–Kier alpha value is -2.17. The zero-order valence-electron chi connectivity index (χ0n) is 9.30. The maximum absolute atomic E-state index is 11.7. The molecule has 0 radical (unpaired) electrons. The fourth-order valence-electron chi connectivity index (χ4n) is 1.43. The average molecular weight is 262 g/mol. The Bertz CT molecular complexity index is 627. The van der Waals surface area contributed by atoms with Gasteiger partial charge >= 0.3 is 0 Å². The maximum Gasteiger partial charge on any atom is 0.270 e. The summed E-state index contributed by atoms with van der Waals surface area (Å²) in [6.45, 7) is 0.205. The molecule has 0 unspecified atom stereocenters. The topological polar surface area (TPSA) is 102 Å². The molecule has 7 heteroatoms. The van der Waals surface area contributed by atoms with E-state index >= 15 is 0 Å². The second-order valence-electron chi connectivity index (χ2n) is 3.38. The first-order valence-corrected chi connectivity index (χ1v) is 6.07. The average Bonchev–Trinajstić information content (AvgIpc) is 2.89. The number of aromatic amines is 1. The van der Waals surface area contributed by atoms with Crippen LogP contribution >= 0.6 is 11.3 Å². The van der Waals surface area contributed by atoms with E-state index in [0.29, 0.717) is 5.69 Å². The number of rotatable bonds is 4. The van der Waals surface area contributed by atoms with Crippen LogP contribution in [0.3, 0.4) is 0 Å². The third kappa shape index (κ3) is 2.40. The van der Waals surface area contributed by atoms with E-state index in [1.54, 1.807) is 6.07 Å². The van der Waals surface area contributed by atoms with Crippen molar-refractivity contribution in [3.05, 3.63) is 33.4 Å². The number of H-pyrrole nitrogens is 1. The number of anilines is 1. The van der Waals surface area contributed by atoms with Gasteiger partial charge in [-0.1, -0.05) is 6.07 Å². The van der Waals surface area contributed by atoms with E-state index in [0.717, 1.165) is 4.88 Å². The van der Waals surface area contributed by atoms with Crippen molar-refractivity contribution in [3.63, 3.8) is 0 Å². The van der Waals surface area contributed by atoms with Crippen molar-refractivity contribution in [1.82, 2.24) is 9.97 Å². The van der Waals surface area contributed by atoms with Gasteiger partial charge in [0, 0.05) is 6.54 Å². The smallest absolute Gasteiger partial charge is 0.270 e. The second-order valence-corrected chi connectivity index (χ2v) is 4.33. The molecule has 0 atom stereocenters. The third-order valence-electron chi connectivity index (χ3n) is 2.19. The molecule has 2 rings (SSSR count). The molecule has 0 aliphatic carbocycles. The van der Waals surface area contributed by atoms with Crippen LogP contribution in [0.5, 0.6) is 0 Å². The lowest BCUT2D eigenvalue weighted by Gasteiger charge is -2.06. The van der Waals surface area contributed by atoms with Gasteiger partial charge in [0.05, 0.1) is 11.5 Å². The number of hydrogen-bond donors (Lipinski definition) is 3. The van der Waals surface area contributed by atoms with E-state index in [4.69, 9.17) is 10.4 Å². The van der Waals surface area contributed by atoms with Crippen molar-refractivity contribution in [3.8, 4) is 16.6 Å². The first kappa shape index (κ1) is 12.3. The van der Waals surface area contributed by atoms with Gasteiger partial charge in [-0.3, -0.25) is 9.78 Å². The summed E-state index contributed by atoms with van der Waals surface area (Å²) in [7, 11) is 0. The maximum atomic E-state index is 11.7. The highest BCUT2D eigenvalue weighted by Crippen LogP contribution is 2.24. The quantitative estimate of drug-likeness (QED) is 0.755. The van der Waals surface area contributed by atoms with Crippen LogP contribution in [0.15, 0.2) is 22.3 Å². The van der Waals surface area contributed by atoms with Gasteiger partial charge in [0.2, 0.25) is 5.95 Å². The van der Waals surface area contributed by atoms with Crippen molar-refractivity contribution < 1.29 is 5.11 Å². The second kappa shape index (κ2) is 5.44. The highest BCUT2D eigenvalue weighted by atomic mass is 32.1. The van der Waals surface area contributed by atoms with Gasteiger partial charge in [-0.05, 0) is 11.4 Å². The van der Waals surface area contributed by atoms with Crippen molar-refractivity contribution in [2.45, 2.75) is 0 Å². The highest BCUT2D eigenvalue weighted by Gasteiger charge is 2.13. The molecule has 0 fully saturated rings. The standard InChI is InChI=1S/C11H10N4O2S/c12-6-7-9(8-2-1-5-18-8)14-11(13-3-4-16)15-10(7)17/h1-2,5,16H,3-4H2,(H2,13,14,15,17). The van der Waals surface area contributed by atoms with E-state index in [1.165, 1.54) is 11.3 Å². The zero-order valence-corrected chi connectivity index (χ0v) is 10.1. The van der Waals surface area contributed by atoms with E-state index in [9.17, 15) is 4.79 Å². The summed E-state index contributed by atoms with van der Waals surface area (Å²) in [5, 5.41) is 22.3. The van der Waals surface area contributed by atoms with E-state index < -0.39 is 5.56 Å². The van der Waals surface area contributed by atoms with Crippen LogP contribution < -0.4 is 10.9 Å². The van der Waals surface area contributed by atoms with Crippen LogP contribution in [-0.2, 0) is 0 Å². The summed E-state index contributed by atoms with van der Waals surface area (Å²) in [6.07, 6.45) is 0. The number of aromatic nitrogens is 2. The fraction of sp³-hybridized carbons (Fsp3) is 0.182. The molecule has 0 aliphatic heterocycles. The van der Waals surface area contributed by atoms with Gasteiger partial charge < -0.3 is 10.4 Å². The lowest BCUT2D eigenvalue weighted by molar-refractivity contribution is 0.311. The molecule has 0 saturated heterocycles. The number of hydrogen-bond acceptors (Lipinski definition) is 6. The Morgan fingerprint density at radius 1 is 1.61 bits per heavy atom. The number of aliphatic hydroxyl groups excluding tert-OH is 1. The Morgan fingerprint density at radius 2 is 2.44 bits per heavy atom. The molecule has 0 spiro atoms. The van der Waals surface area contributed by atoms with Gasteiger partial charge in [0.25, 0.3) is 5.56 Å². The summed E-state index contributed by atoms with van der Waals surface area (Å²) < 4.78 is 0. The predicted octanol–water partition coefficient (Wildman–Crippen LogP) is 0.774. The monoisotopic (exact) mass is 262 g/mol. The molecule has 0 aromatic carbocycles. The largest absolute Gasteiger partial charge is 0.395 e. The summed E-state index contributed by atoms with van der Waals surface area (Å²) in [5.74, 6) is 0.247. The lowest BCUT2D eigenvalue weighted by Crippen LogP contribution is -2.18. The molecule has 2 aromatic rings. The van der Waals surface area contributed by atoms with Crippen molar-refractivity contribution in [2.24, 2.45) is 0 Å². The third-order valence-corrected chi connectivity index (χ3v) is 3.07. The van der Waals surface area contributed by atoms with Crippen molar-refractivity contribution in [2.75, 3.05) is 18.5 Å². The molecule has 3 N–H and O–H groups in total. The minimum absolute atomic E-state index is 0.00741. The zero-order chi connectivity index (χ0) is 13.0. The van der Waals surface area contributed by atoms with E-state index in [2.05, 4.69) is 15.3 Å². The molecule has 0 saturated carbocycles. The number of nitriles is 1. The SMILES string of the molecule is N#Cc1c(-c2cccs2)nc(NCCO)[nH]c1=O. The number of nitrogens with one attached hydrogen (secondary N) is 2. The number of nitrogens with zero attached hydrogens (tertiary/aromatic N) is 2. The van der Waals surface area contributed by atoms with Gasteiger partial charge in [-0.15, -0.1) is 11.3 Å². The van der Waals surface area contributed by atoms with Crippen LogP contribution in [0.1, 0.15) is 5.56 Å². The molecule has 2 heterocycles. The Kier molecular flexibility index (Phi) is 3.72. The Labute approximate surface area is 107 Å². The van der Waals surface area contributed by atoms with Gasteiger partial charge in [0.15, 0.2) is 0 Å². The first-order valence-electron chi connectivity index (χ1n) is 5.19. The molecule has 0 amide bonds. The minimum Gasteiger partial charge on any atom is -0.395 e. The van der Waals surface area contributed by atoms with Crippen LogP contribution in [0, 0.1) is 11.3 Å². The molecule has 6 nitrogen and oxygen atoms in total. The van der Waals surface area contributed by atoms with Gasteiger partial charge in [-0.25, -0.2) is 4.98 Å². The lowest BCUT2D eigenvalue weighted by atomic mass is 10.2. The van der Waals surface area contributed by atoms with E-state index in [-0.39, 0.29) is 24.7 Å². The number of aliphatic hydroxyl groups is 1. The molecule has 18 heavy (non-hydrogen) atoms. The van der Waals surface area contributed by atoms with Crippen LogP contribution in [0.4, 0.5) is 5.95 Å². The molecule has 2 aromatic heterocycles. The van der Waals surface area contributed by atoms with Gasteiger partial charge in [0.1, 0.15) is 17.3 Å². The van der Waals surface area contributed by atoms with Crippen molar-refractivity contribution in [1.29, 1.82) is 5.26 Å². The molecule has 92 valence electrons. The summed E-state index contributed by atoms with van der Waals surface area (Å²) in [5.41, 5.74) is -0.139. The predicted molar refractivity (Wildman–Crippen MR) is 68.5 cm³/mol. The van der Waals surface area contributed by atoms with Crippen LogP contribution in [0.2, 0.25) is 0 Å². The summed E-state index contributed by atoms with van der Waals surface area (Å²) in [4.78, 5) is 19.1. The molecular formula is C11H10N4O2S.